The van der Waals surface area contributed by atoms with Crippen LogP contribution < -0.4 is 10.6 Å². The van der Waals surface area contributed by atoms with E-state index < -0.39 is 15.9 Å². The van der Waals surface area contributed by atoms with Gasteiger partial charge in [0.15, 0.2) is 0 Å². The number of nitrogen functional groups attached to an aromatic ring is 1. The average molecular weight is 402 g/mol. The number of nitrogens with two attached hydrogens (primary N) is 1. The molecule has 0 atom stereocenters. The second-order valence-electron chi connectivity index (χ2n) is 6.87. The first kappa shape index (κ1) is 18.6. The highest BCUT2D eigenvalue weighted by atomic mass is 32.2. The minimum Gasteiger partial charge on any atom is -0.399 e. The molecular formula is C18H22N6O3S. The number of amides is 1. The summed E-state index contributed by atoms with van der Waals surface area (Å²) in [5.41, 5.74) is 6.24. The minimum atomic E-state index is -3.78. The Labute approximate surface area is 163 Å². The summed E-state index contributed by atoms with van der Waals surface area (Å²) in [6, 6.07) is 6.13. The van der Waals surface area contributed by atoms with Crippen LogP contribution in [0, 0.1) is 0 Å². The zero-order valence-corrected chi connectivity index (χ0v) is 16.2. The van der Waals surface area contributed by atoms with Crippen LogP contribution >= 0.6 is 0 Å². The summed E-state index contributed by atoms with van der Waals surface area (Å²) in [6.07, 6.45) is 4.04. The molecule has 1 saturated heterocycles. The summed E-state index contributed by atoms with van der Waals surface area (Å²) in [5, 5.41) is 0. The molecule has 28 heavy (non-hydrogen) atoms. The lowest BCUT2D eigenvalue weighted by atomic mass is 10.2. The Bertz CT molecular complexity index is 974. The largest absolute Gasteiger partial charge is 0.399 e. The molecule has 9 nitrogen and oxygen atoms in total. The Hall–Kier alpha value is -2.72. The number of fused-ring (bicyclic) bond motifs is 1. The van der Waals surface area contributed by atoms with Gasteiger partial charge >= 0.3 is 0 Å². The van der Waals surface area contributed by atoms with Gasteiger partial charge in [-0.25, -0.2) is 22.7 Å². The third kappa shape index (κ3) is 3.40. The van der Waals surface area contributed by atoms with Crippen LogP contribution in [0.5, 0.6) is 0 Å². The predicted molar refractivity (Wildman–Crippen MR) is 104 cm³/mol. The molecule has 0 radical (unpaired) electrons. The number of aromatic nitrogens is 2. The summed E-state index contributed by atoms with van der Waals surface area (Å²) >= 11 is 0. The van der Waals surface area contributed by atoms with Gasteiger partial charge in [-0.05, 0) is 30.7 Å². The molecule has 1 amide bonds. The summed E-state index contributed by atoms with van der Waals surface area (Å²) < 4.78 is 26.2. The van der Waals surface area contributed by atoms with Gasteiger partial charge in [-0.15, -0.1) is 0 Å². The van der Waals surface area contributed by atoms with Crippen molar-refractivity contribution in [3.63, 3.8) is 0 Å². The molecule has 0 aliphatic carbocycles. The maximum Gasteiger partial charge on any atom is 0.269 e. The Kier molecular flexibility index (Phi) is 4.90. The molecule has 3 heterocycles. The molecule has 0 unspecified atom stereocenters. The number of carbonyl (C=O) groups excluding carboxylic acids is 1. The fourth-order valence-corrected chi connectivity index (χ4v) is 5.18. The van der Waals surface area contributed by atoms with Gasteiger partial charge in [-0.1, -0.05) is 0 Å². The number of piperazine rings is 1. The molecular weight excluding hydrogens is 380 g/mol. The number of rotatable bonds is 5. The number of benzene rings is 1. The van der Waals surface area contributed by atoms with E-state index in [9.17, 15) is 13.2 Å². The third-order valence-corrected chi connectivity index (χ3v) is 6.91. The van der Waals surface area contributed by atoms with Crippen LogP contribution in [0.15, 0.2) is 41.6 Å². The Morgan fingerprint density at radius 3 is 2.46 bits per heavy atom. The first-order valence-corrected chi connectivity index (χ1v) is 10.6. The van der Waals surface area contributed by atoms with Gasteiger partial charge in [-0.2, -0.15) is 0 Å². The van der Waals surface area contributed by atoms with Crippen LogP contribution in [0.2, 0.25) is 0 Å². The molecule has 1 fully saturated rings. The van der Waals surface area contributed by atoms with Crippen molar-refractivity contribution >= 4 is 27.6 Å². The molecule has 10 heteroatoms. The number of nitrogens with zero attached hydrogens (tertiary/aromatic N) is 5. The van der Waals surface area contributed by atoms with Gasteiger partial charge in [0.25, 0.3) is 15.9 Å². The molecule has 1 aromatic carbocycles. The van der Waals surface area contributed by atoms with Crippen LogP contribution in [0.25, 0.3) is 0 Å². The molecule has 1 aromatic heterocycles. The van der Waals surface area contributed by atoms with Gasteiger partial charge in [0, 0.05) is 57.3 Å². The molecule has 2 aliphatic rings. The highest BCUT2D eigenvalue weighted by molar-refractivity contribution is 7.90. The average Bonchev–Trinajstić information content (AvgIpc) is 2.89. The van der Waals surface area contributed by atoms with Gasteiger partial charge in [0.2, 0.25) is 5.95 Å². The monoisotopic (exact) mass is 402 g/mol. The van der Waals surface area contributed by atoms with Gasteiger partial charge in [0.1, 0.15) is 4.90 Å². The quantitative estimate of drug-likeness (QED) is 0.716. The molecule has 2 N–H and O–H groups in total. The number of hydrogen-bond donors (Lipinski definition) is 1. The van der Waals surface area contributed by atoms with Gasteiger partial charge < -0.3 is 10.6 Å². The normalized spacial score (nSPS) is 19.1. The number of carbonyl (C=O) groups is 1. The smallest absolute Gasteiger partial charge is 0.269 e. The number of sulfonamides is 1. The highest BCUT2D eigenvalue weighted by Gasteiger charge is 2.40. The van der Waals surface area contributed by atoms with Crippen LogP contribution in [0.4, 0.5) is 11.6 Å². The topological polar surface area (TPSA) is 113 Å². The fourth-order valence-electron chi connectivity index (χ4n) is 3.59. The fraction of sp³-hybridized carbons (Fsp3) is 0.389. The zero-order valence-electron chi connectivity index (χ0n) is 15.4. The van der Waals surface area contributed by atoms with Crippen molar-refractivity contribution in [2.75, 3.05) is 49.9 Å². The zero-order chi connectivity index (χ0) is 19.7. The predicted octanol–water partition coefficient (Wildman–Crippen LogP) is 0.416. The second-order valence-corrected chi connectivity index (χ2v) is 8.70. The second kappa shape index (κ2) is 7.36. The maximum atomic E-state index is 12.6. The highest BCUT2D eigenvalue weighted by Crippen LogP contribution is 2.31. The SMILES string of the molecule is Nc1ccc2c(c1)C(=O)N(CCCN1CCN(c3ncccn3)CC1)S2(=O)=O. The van der Waals surface area contributed by atoms with E-state index in [1.807, 2.05) is 0 Å². The molecule has 148 valence electrons. The van der Waals surface area contributed by atoms with Crippen LogP contribution in [0.3, 0.4) is 0 Å². The molecule has 2 aromatic rings. The number of anilines is 2. The van der Waals surface area contributed by atoms with Crippen LogP contribution in [0.1, 0.15) is 16.8 Å². The third-order valence-electron chi connectivity index (χ3n) is 5.07. The van der Waals surface area contributed by atoms with Crippen molar-refractivity contribution in [3.05, 3.63) is 42.2 Å². The maximum absolute atomic E-state index is 12.6. The lowest BCUT2D eigenvalue weighted by Gasteiger charge is -2.34. The summed E-state index contributed by atoms with van der Waals surface area (Å²) in [4.78, 5) is 25.5. The van der Waals surface area contributed by atoms with E-state index in [2.05, 4.69) is 19.8 Å². The van der Waals surface area contributed by atoms with Crippen molar-refractivity contribution < 1.29 is 13.2 Å². The first-order chi connectivity index (χ1) is 13.5. The Morgan fingerprint density at radius 1 is 1.04 bits per heavy atom. The van der Waals surface area contributed by atoms with E-state index in [-0.39, 0.29) is 17.0 Å². The van der Waals surface area contributed by atoms with Gasteiger partial charge in [0.05, 0.1) is 5.56 Å². The molecule has 2 aliphatic heterocycles. The van der Waals surface area contributed by atoms with Crippen molar-refractivity contribution in [1.82, 2.24) is 19.2 Å². The van der Waals surface area contributed by atoms with Crippen molar-refractivity contribution in [1.29, 1.82) is 0 Å². The van der Waals surface area contributed by atoms with Crippen molar-refractivity contribution in [3.8, 4) is 0 Å². The lowest BCUT2D eigenvalue weighted by Crippen LogP contribution is -2.47. The molecule has 4 rings (SSSR count). The summed E-state index contributed by atoms with van der Waals surface area (Å²) in [5.74, 6) is 0.237. The van der Waals surface area contributed by atoms with Gasteiger partial charge in [-0.3, -0.25) is 9.69 Å². The number of hydrogen-bond acceptors (Lipinski definition) is 8. The van der Waals surface area contributed by atoms with E-state index in [1.54, 1.807) is 18.5 Å². The molecule has 0 saturated carbocycles. The lowest BCUT2D eigenvalue weighted by molar-refractivity contribution is 0.0866. The van der Waals surface area contributed by atoms with Crippen LogP contribution in [-0.4, -0.2) is 72.8 Å². The standard InChI is InChI=1S/C18H22N6O3S/c19-14-3-4-16-15(13-14)17(25)24(28(16,26)27)8-2-7-22-9-11-23(12-10-22)18-20-5-1-6-21-18/h1,3-6,13H,2,7-12,19H2. The minimum absolute atomic E-state index is 0.0446. The Morgan fingerprint density at radius 2 is 1.75 bits per heavy atom. The molecule has 0 bridgehead atoms. The summed E-state index contributed by atoms with van der Waals surface area (Å²) in [7, 11) is -3.78. The van der Waals surface area contributed by atoms with E-state index >= 15 is 0 Å². The molecule has 0 spiro atoms. The van der Waals surface area contributed by atoms with E-state index in [1.165, 1.54) is 18.2 Å². The van der Waals surface area contributed by atoms with Crippen molar-refractivity contribution in [2.45, 2.75) is 11.3 Å². The summed E-state index contributed by atoms with van der Waals surface area (Å²) in [6.45, 7) is 4.20. The van der Waals surface area contributed by atoms with E-state index in [0.29, 0.717) is 12.1 Å². The van der Waals surface area contributed by atoms with E-state index in [4.69, 9.17) is 5.73 Å². The van der Waals surface area contributed by atoms with Crippen molar-refractivity contribution in [2.24, 2.45) is 0 Å². The Balaban J connectivity index is 1.31. The van der Waals surface area contributed by atoms with Crippen LogP contribution in [-0.2, 0) is 10.0 Å². The first-order valence-electron chi connectivity index (χ1n) is 9.18. The van der Waals surface area contributed by atoms with E-state index in [0.717, 1.165) is 43.0 Å².